The number of hydrogen-bond donors (Lipinski definition) is 1. The first-order valence-corrected chi connectivity index (χ1v) is 5.97. The zero-order chi connectivity index (χ0) is 12.3. The van der Waals surface area contributed by atoms with Crippen LogP contribution in [-0.2, 0) is 6.54 Å². The van der Waals surface area contributed by atoms with Crippen LogP contribution in [0.4, 0.5) is 0 Å². The van der Waals surface area contributed by atoms with Crippen molar-refractivity contribution >= 4 is 5.65 Å². The molecule has 0 aliphatic carbocycles. The molecule has 92 valence electrons. The van der Waals surface area contributed by atoms with E-state index in [0.717, 1.165) is 31.0 Å². The van der Waals surface area contributed by atoms with Crippen molar-refractivity contribution in [3.05, 3.63) is 35.8 Å². The number of likely N-dealkylation sites (N-methyl/N-ethyl adjacent to an activating group) is 2. The average Bonchev–Trinajstić information content (AvgIpc) is 2.70. The Labute approximate surface area is 102 Å². The monoisotopic (exact) mass is 232 g/mol. The largest absolute Gasteiger partial charge is 0.318 e. The lowest BCUT2D eigenvalue weighted by atomic mass is 10.3. The molecule has 0 bridgehead atoms. The second-order valence-electron chi connectivity index (χ2n) is 4.50. The fraction of sp³-hybridized carbons (Fsp3) is 0.462. The number of hydrogen-bond acceptors (Lipinski definition) is 3. The summed E-state index contributed by atoms with van der Waals surface area (Å²) in [5.74, 6) is 0. The number of rotatable bonds is 5. The van der Waals surface area contributed by atoms with Gasteiger partial charge in [0.2, 0.25) is 0 Å². The predicted molar refractivity (Wildman–Crippen MR) is 70.2 cm³/mol. The molecule has 0 amide bonds. The molecule has 0 unspecified atom stereocenters. The topological polar surface area (TPSA) is 32.6 Å². The normalized spacial score (nSPS) is 11.5. The van der Waals surface area contributed by atoms with Gasteiger partial charge in [-0.15, -0.1) is 0 Å². The van der Waals surface area contributed by atoms with Gasteiger partial charge in [-0.25, -0.2) is 4.98 Å². The molecule has 0 spiro atoms. The van der Waals surface area contributed by atoms with Crippen LogP contribution in [-0.4, -0.2) is 41.5 Å². The molecular weight excluding hydrogens is 212 g/mol. The highest BCUT2D eigenvalue weighted by molar-refractivity contribution is 5.47. The van der Waals surface area contributed by atoms with Gasteiger partial charge in [-0.3, -0.25) is 4.90 Å². The molecule has 4 heteroatoms. The van der Waals surface area contributed by atoms with Gasteiger partial charge >= 0.3 is 0 Å². The zero-order valence-electron chi connectivity index (χ0n) is 10.8. The maximum absolute atomic E-state index is 4.66. The van der Waals surface area contributed by atoms with Crippen molar-refractivity contribution in [3.8, 4) is 0 Å². The Morgan fingerprint density at radius 3 is 3.00 bits per heavy atom. The number of fused-ring (bicyclic) bond motifs is 1. The summed E-state index contributed by atoms with van der Waals surface area (Å²) in [6.45, 7) is 5.02. The minimum absolute atomic E-state index is 0.892. The van der Waals surface area contributed by atoms with Crippen molar-refractivity contribution in [3.63, 3.8) is 0 Å². The van der Waals surface area contributed by atoms with E-state index < -0.39 is 0 Å². The standard InChI is InChI=1S/C13H20N4/c1-11-5-4-7-17-10-12(15-13(11)17)9-16(3)8-6-14-2/h4-5,7,10,14H,6,8-9H2,1-3H3. The van der Waals surface area contributed by atoms with E-state index in [1.807, 2.05) is 13.2 Å². The Hall–Kier alpha value is -1.39. The number of aromatic nitrogens is 2. The van der Waals surface area contributed by atoms with Gasteiger partial charge in [0, 0.05) is 32.0 Å². The fourth-order valence-corrected chi connectivity index (χ4v) is 1.94. The minimum Gasteiger partial charge on any atom is -0.318 e. The highest BCUT2D eigenvalue weighted by Gasteiger charge is 2.05. The van der Waals surface area contributed by atoms with E-state index in [4.69, 9.17) is 0 Å². The van der Waals surface area contributed by atoms with Gasteiger partial charge in [-0.1, -0.05) is 6.07 Å². The van der Waals surface area contributed by atoms with Gasteiger partial charge in [0.15, 0.2) is 0 Å². The molecule has 0 atom stereocenters. The van der Waals surface area contributed by atoms with Gasteiger partial charge in [0.1, 0.15) is 5.65 Å². The second kappa shape index (κ2) is 5.29. The summed E-state index contributed by atoms with van der Waals surface area (Å²) in [5, 5.41) is 3.15. The van der Waals surface area contributed by atoms with Gasteiger partial charge in [-0.05, 0) is 32.6 Å². The van der Waals surface area contributed by atoms with Crippen LogP contribution in [0.5, 0.6) is 0 Å². The quantitative estimate of drug-likeness (QED) is 0.843. The van der Waals surface area contributed by atoms with Crippen LogP contribution in [0.3, 0.4) is 0 Å². The van der Waals surface area contributed by atoms with E-state index in [1.165, 1.54) is 5.56 Å². The number of nitrogens with one attached hydrogen (secondary N) is 1. The highest BCUT2D eigenvalue weighted by atomic mass is 15.1. The molecule has 2 rings (SSSR count). The molecule has 4 nitrogen and oxygen atoms in total. The lowest BCUT2D eigenvalue weighted by molar-refractivity contribution is 0.325. The lowest BCUT2D eigenvalue weighted by Crippen LogP contribution is -2.27. The Morgan fingerprint density at radius 1 is 1.47 bits per heavy atom. The van der Waals surface area contributed by atoms with Crippen molar-refractivity contribution in [2.24, 2.45) is 0 Å². The SMILES string of the molecule is CNCCN(C)Cc1cn2cccc(C)c2n1. The third-order valence-corrected chi connectivity index (χ3v) is 2.90. The van der Waals surface area contributed by atoms with Gasteiger partial charge in [0.25, 0.3) is 0 Å². The lowest BCUT2D eigenvalue weighted by Gasteiger charge is -2.14. The first kappa shape index (κ1) is 12.1. The number of aryl methyl sites for hydroxylation is 1. The fourth-order valence-electron chi connectivity index (χ4n) is 1.94. The van der Waals surface area contributed by atoms with Crippen molar-refractivity contribution in [2.75, 3.05) is 27.2 Å². The molecule has 17 heavy (non-hydrogen) atoms. The Kier molecular flexibility index (Phi) is 3.76. The van der Waals surface area contributed by atoms with Gasteiger partial charge < -0.3 is 9.72 Å². The molecule has 2 heterocycles. The summed E-state index contributed by atoms with van der Waals surface area (Å²) >= 11 is 0. The van der Waals surface area contributed by atoms with Crippen LogP contribution in [0.25, 0.3) is 5.65 Å². The molecule has 0 saturated heterocycles. The summed E-state index contributed by atoms with van der Waals surface area (Å²) in [5.41, 5.74) is 3.40. The van der Waals surface area contributed by atoms with E-state index in [0.29, 0.717) is 0 Å². The number of pyridine rings is 1. The summed E-state index contributed by atoms with van der Waals surface area (Å²) in [4.78, 5) is 6.93. The molecule has 0 radical (unpaired) electrons. The molecule has 0 fully saturated rings. The summed E-state index contributed by atoms with van der Waals surface area (Å²) < 4.78 is 2.09. The third kappa shape index (κ3) is 2.84. The van der Waals surface area contributed by atoms with Crippen LogP contribution in [0.2, 0.25) is 0 Å². The zero-order valence-corrected chi connectivity index (χ0v) is 10.8. The number of imidazole rings is 1. The second-order valence-corrected chi connectivity index (χ2v) is 4.50. The van der Waals surface area contributed by atoms with Crippen molar-refractivity contribution in [2.45, 2.75) is 13.5 Å². The van der Waals surface area contributed by atoms with Crippen molar-refractivity contribution in [1.82, 2.24) is 19.6 Å². The van der Waals surface area contributed by atoms with Crippen molar-refractivity contribution < 1.29 is 0 Å². The molecular formula is C13H20N4. The van der Waals surface area contributed by atoms with Crippen LogP contribution < -0.4 is 5.32 Å². The third-order valence-electron chi connectivity index (χ3n) is 2.90. The predicted octanol–water partition coefficient (Wildman–Crippen LogP) is 1.29. The molecule has 0 saturated carbocycles. The summed E-state index contributed by atoms with van der Waals surface area (Å²) in [7, 11) is 4.09. The van der Waals surface area contributed by atoms with Crippen LogP contribution in [0.1, 0.15) is 11.3 Å². The van der Waals surface area contributed by atoms with E-state index in [1.54, 1.807) is 0 Å². The molecule has 0 aliphatic rings. The van der Waals surface area contributed by atoms with Crippen LogP contribution in [0.15, 0.2) is 24.5 Å². The highest BCUT2D eigenvalue weighted by Crippen LogP contribution is 2.10. The summed E-state index contributed by atoms with van der Waals surface area (Å²) in [6, 6.07) is 4.15. The maximum Gasteiger partial charge on any atom is 0.139 e. The Morgan fingerprint density at radius 2 is 2.29 bits per heavy atom. The first-order chi connectivity index (χ1) is 8.20. The van der Waals surface area contributed by atoms with Gasteiger partial charge in [0.05, 0.1) is 5.69 Å². The van der Waals surface area contributed by atoms with E-state index in [2.05, 4.69) is 51.9 Å². The number of nitrogens with zero attached hydrogens (tertiary/aromatic N) is 3. The molecule has 1 N–H and O–H groups in total. The smallest absolute Gasteiger partial charge is 0.139 e. The van der Waals surface area contributed by atoms with Crippen LogP contribution >= 0.6 is 0 Å². The minimum atomic E-state index is 0.892. The maximum atomic E-state index is 4.66. The Balaban J connectivity index is 2.11. The summed E-state index contributed by atoms with van der Waals surface area (Å²) in [6.07, 6.45) is 4.16. The van der Waals surface area contributed by atoms with E-state index in [9.17, 15) is 0 Å². The molecule has 0 aromatic carbocycles. The van der Waals surface area contributed by atoms with Crippen molar-refractivity contribution in [1.29, 1.82) is 0 Å². The molecule has 2 aromatic heterocycles. The van der Waals surface area contributed by atoms with Gasteiger partial charge in [-0.2, -0.15) is 0 Å². The molecule has 0 aliphatic heterocycles. The first-order valence-electron chi connectivity index (χ1n) is 5.97. The van der Waals surface area contributed by atoms with E-state index in [-0.39, 0.29) is 0 Å². The van der Waals surface area contributed by atoms with E-state index >= 15 is 0 Å². The molecule has 2 aromatic rings. The average molecular weight is 232 g/mol. The van der Waals surface area contributed by atoms with Crippen LogP contribution in [0, 0.1) is 6.92 Å². The Bertz CT molecular complexity index is 489.